The molecule has 0 aliphatic heterocycles. The second-order valence-electron chi connectivity index (χ2n) is 2.75. The van der Waals surface area contributed by atoms with Crippen LogP contribution in [0.25, 0.3) is 0 Å². The Hall–Kier alpha value is -0.100. The van der Waals surface area contributed by atoms with E-state index in [1.807, 2.05) is 18.4 Å². The Morgan fingerprint density at radius 2 is 2.27 bits per heavy atom. The summed E-state index contributed by atoms with van der Waals surface area (Å²) < 4.78 is 0.981. The van der Waals surface area contributed by atoms with Crippen LogP contribution in [0.2, 0.25) is 0 Å². The zero-order chi connectivity index (χ0) is 10.4. The van der Waals surface area contributed by atoms with Crippen LogP contribution in [0.5, 0.6) is 0 Å². The van der Waals surface area contributed by atoms with Gasteiger partial charge in [-0.25, -0.2) is 0 Å². The summed E-state index contributed by atoms with van der Waals surface area (Å²) in [6.45, 7) is 4.45. The Morgan fingerprint density at radius 1 is 1.53 bits per heavy atom. The molecule has 1 heterocycles. The molecule has 6 heteroatoms. The van der Waals surface area contributed by atoms with E-state index in [2.05, 4.69) is 26.6 Å². The summed E-state index contributed by atoms with van der Waals surface area (Å²) in [4.78, 5) is 11.5. The molecule has 0 spiro atoms. The van der Waals surface area contributed by atoms with E-state index < -0.39 is 0 Å². The first-order chi connectivity index (χ1) is 6.74. The molecule has 1 aromatic rings. The van der Waals surface area contributed by atoms with Gasteiger partial charge in [-0.15, -0.1) is 23.7 Å². The van der Waals surface area contributed by atoms with E-state index in [1.165, 1.54) is 11.3 Å². The van der Waals surface area contributed by atoms with Crippen LogP contribution in [0.1, 0.15) is 17.3 Å². The number of nitrogens with one attached hydrogen (secondary N) is 2. The molecule has 1 amide bonds. The van der Waals surface area contributed by atoms with Gasteiger partial charge in [0.25, 0.3) is 5.91 Å². The minimum absolute atomic E-state index is 0. The predicted octanol–water partition coefficient (Wildman–Crippen LogP) is 2.27. The highest BCUT2D eigenvalue weighted by molar-refractivity contribution is 9.11. The third kappa shape index (κ3) is 5.51. The maximum atomic E-state index is 11.5. The highest BCUT2D eigenvalue weighted by atomic mass is 79.9. The number of carbonyl (C=O) groups excluding carboxylic acids is 1. The summed E-state index contributed by atoms with van der Waals surface area (Å²) in [5, 5.41) is 7.81. The Bertz CT molecular complexity index is 306. The van der Waals surface area contributed by atoms with Crippen molar-refractivity contribution in [2.45, 2.75) is 6.92 Å². The Kier molecular flexibility index (Phi) is 8.04. The summed E-state index contributed by atoms with van der Waals surface area (Å²) in [6, 6.07) is 1.83. The predicted molar refractivity (Wildman–Crippen MR) is 70.1 cm³/mol. The molecule has 1 aromatic heterocycles. The second-order valence-corrected chi connectivity index (χ2v) is 5.04. The number of halogens is 2. The van der Waals surface area contributed by atoms with Crippen LogP contribution in [0.4, 0.5) is 0 Å². The lowest BCUT2D eigenvalue weighted by atomic mass is 10.3. The van der Waals surface area contributed by atoms with Crippen LogP contribution < -0.4 is 10.6 Å². The topological polar surface area (TPSA) is 41.1 Å². The fraction of sp³-hybridized carbons (Fsp3) is 0.444. The van der Waals surface area contributed by atoms with E-state index in [0.717, 1.165) is 22.4 Å². The number of carbonyl (C=O) groups is 1. The third-order valence-electron chi connectivity index (χ3n) is 1.67. The quantitative estimate of drug-likeness (QED) is 0.819. The molecule has 0 atom stereocenters. The maximum absolute atomic E-state index is 11.5. The minimum Gasteiger partial charge on any atom is -0.351 e. The summed E-state index contributed by atoms with van der Waals surface area (Å²) in [7, 11) is 0. The molecule has 0 saturated heterocycles. The van der Waals surface area contributed by atoms with Crippen LogP contribution in [-0.2, 0) is 0 Å². The van der Waals surface area contributed by atoms with Gasteiger partial charge in [0, 0.05) is 18.5 Å². The zero-order valence-electron chi connectivity index (χ0n) is 8.38. The van der Waals surface area contributed by atoms with Crippen LogP contribution >= 0.6 is 39.7 Å². The van der Waals surface area contributed by atoms with Crippen LogP contribution in [0.3, 0.4) is 0 Å². The molecule has 0 bridgehead atoms. The van der Waals surface area contributed by atoms with Crippen molar-refractivity contribution in [2.24, 2.45) is 0 Å². The van der Waals surface area contributed by atoms with Gasteiger partial charge in [0.15, 0.2) is 0 Å². The van der Waals surface area contributed by atoms with Crippen LogP contribution in [-0.4, -0.2) is 25.5 Å². The van der Waals surface area contributed by atoms with Gasteiger partial charge in [-0.3, -0.25) is 4.79 Å². The molecule has 0 aromatic carbocycles. The van der Waals surface area contributed by atoms with Crippen molar-refractivity contribution in [3.63, 3.8) is 0 Å². The van der Waals surface area contributed by atoms with Crippen molar-refractivity contribution < 1.29 is 4.79 Å². The first-order valence-corrected chi connectivity index (χ1v) is 6.14. The molecule has 3 nitrogen and oxygen atoms in total. The summed E-state index contributed by atoms with van der Waals surface area (Å²) in [5.74, 6) is -0.00940. The van der Waals surface area contributed by atoms with E-state index in [-0.39, 0.29) is 18.3 Å². The first kappa shape index (κ1) is 14.9. The number of rotatable bonds is 5. The van der Waals surface area contributed by atoms with Crippen LogP contribution in [0.15, 0.2) is 15.2 Å². The number of hydrogen-bond acceptors (Lipinski definition) is 3. The fourth-order valence-electron chi connectivity index (χ4n) is 0.972. The van der Waals surface area contributed by atoms with E-state index in [4.69, 9.17) is 0 Å². The minimum atomic E-state index is -0.00940. The average Bonchev–Trinajstić information content (AvgIpc) is 2.59. The van der Waals surface area contributed by atoms with Crippen molar-refractivity contribution in [3.05, 3.63) is 20.8 Å². The molecular weight excluding hydrogens is 300 g/mol. The van der Waals surface area contributed by atoms with Crippen LogP contribution in [0, 0.1) is 0 Å². The molecule has 0 radical (unpaired) electrons. The largest absolute Gasteiger partial charge is 0.351 e. The van der Waals surface area contributed by atoms with Gasteiger partial charge in [-0.05, 0) is 28.5 Å². The van der Waals surface area contributed by atoms with Gasteiger partial charge in [0.05, 0.1) is 9.35 Å². The van der Waals surface area contributed by atoms with E-state index in [9.17, 15) is 4.79 Å². The molecule has 15 heavy (non-hydrogen) atoms. The highest BCUT2D eigenvalue weighted by Gasteiger charge is 2.06. The Morgan fingerprint density at radius 3 is 2.80 bits per heavy atom. The number of likely N-dealkylation sites (N-methyl/N-ethyl adjacent to an activating group) is 1. The SMILES string of the molecule is CCNCCNC(=O)c1csc(Br)c1.Cl. The summed E-state index contributed by atoms with van der Waals surface area (Å²) >= 11 is 4.84. The highest BCUT2D eigenvalue weighted by Crippen LogP contribution is 2.20. The van der Waals surface area contributed by atoms with Gasteiger partial charge in [-0.1, -0.05) is 6.92 Å². The first-order valence-electron chi connectivity index (χ1n) is 4.47. The Labute approximate surface area is 108 Å². The lowest BCUT2D eigenvalue weighted by molar-refractivity contribution is 0.0954. The van der Waals surface area contributed by atoms with E-state index in [1.54, 1.807) is 0 Å². The molecule has 0 saturated carbocycles. The van der Waals surface area contributed by atoms with E-state index in [0.29, 0.717) is 6.54 Å². The standard InChI is InChI=1S/C9H13BrN2OS.ClH/c1-2-11-3-4-12-9(13)7-5-8(10)14-6-7;/h5-6,11H,2-4H2,1H3,(H,12,13);1H. The molecular formula is C9H14BrClN2OS. The fourth-order valence-corrected chi connectivity index (χ4v) is 2.11. The van der Waals surface area contributed by atoms with Crippen molar-refractivity contribution in [2.75, 3.05) is 19.6 Å². The summed E-state index contributed by atoms with van der Waals surface area (Å²) in [5.41, 5.74) is 0.721. The molecule has 0 unspecified atom stereocenters. The second kappa shape index (κ2) is 8.10. The molecule has 0 aliphatic rings. The lowest BCUT2D eigenvalue weighted by Crippen LogP contribution is -2.31. The van der Waals surface area contributed by atoms with Gasteiger partial charge < -0.3 is 10.6 Å². The molecule has 1 rings (SSSR count). The molecule has 2 N–H and O–H groups in total. The lowest BCUT2D eigenvalue weighted by Gasteiger charge is -2.03. The molecule has 0 fully saturated rings. The van der Waals surface area contributed by atoms with Crippen molar-refractivity contribution in [1.29, 1.82) is 0 Å². The molecule has 86 valence electrons. The number of thiophene rings is 1. The Balaban J connectivity index is 0.00000196. The smallest absolute Gasteiger partial charge is 0.252 e. The van der Waals surface area contributed by atoms with Crippen molar-refractivity contribution in [1.82, 2.24) is 10.6 Å². The molecule has 0 aliphatic carbocycles. The van der Waals surface area contributed by atoms with Gasteiger partial charge >= 0.3 is 0 Å². The van der Waals surface area contributed by atoms with Crippen molar-refractivity contribution >= 4 is 45.6 Å². The normalized spacial score (nSPS) is 9.47. The average molecular weight is 314 g/mol. The number of amides is 1. The third-order valence-corrected chi connectivity index (χ3v) is 3.17. The monoisotopic (exact) mass is 312 g/mol. The number of hydrogen-bond donors (Lipinski definition) is 2. The van der Waals surface area contributed by atoms with Crippen molar-refractivity contribution in [3.8, 4) is 0 Å². The van der Waals surface area contributed by atoms with Gasteiger partial charge in [0.2, 0.25) is 0 Å². The van der Waals surface area contributed by atoms with Gasteiger partial charge in [0.1, 0.15) is 0 Å². The van der Waals surface area contributed by atoms with E-state index >= 15 is 0 Å². The zero-order valence-corrected chi connectivity index (χ0v) is 11.6. The maximum Gasteiger partial charge on any atom is 0.252 e. The summed E-state index contributed by atoms with van der Waals surface area (Å²) in [6.07, 6.45) is 0. The van der Waals surface area contributed by atoms with Gasteiger partial charge in [-0.2, -0.15) is 0 Å².